The van der Waals surface area contributed by atoms with Crippen molar-refractivity contribution in [3.8, 4) is 0 Å². The van der Waals surface area contributed by atoms with Crippen molar-refractivity contribution < 1.29 is 5.11 Å². The van der Waals surface area contributed by atoms with Gasteiger partial charge in [-0.15, -0.1) is 0 Å². The number of pyridine rings is 1. The number of aromatic nitrogens is 1. The molecule has 1 aliphatic rings. The second kappa shape index (κ2) is 5.11. The normalized spacial score (nSPS) is 24.7. The van der Waals surface area contributed by atoms with Crippen LogP contribution >= 0.6 is 0 Å². The maximum Gasteiger partial charge on any atom is 0.0942 e. The Hall–Kier alpha value is -1.71. The number of benzene rings is 1. The Morgan fingerprint density at radius 2 is 1.89 bits per heavy atom. The minimum absolute atomic E-state index is 0.106. The summed E-state index contributed by atoms with van der Waals surface area (Å²) in [6, 6.07) is 16.3. The van der Waals surface area contributed by atoms with Crippen LogP contribution in [0.5, 0.6) is 0 Å². The van der Waals surface area contributed by atoms with Gasteiger partial charge in [0, 0.05) is 18.8 Å². The summed E-state index contributed by atoms with van der Waals surface area (Å²) < 4.78 is 0. The topological polar surface area (TPSA) is 36.1 Å². The molecule has 1 aromatic heterocycles. The highest BCUT2D eigenvalue weighted by atomic mass is 16.3. The Bertz CT molecular complexity index is 529. The van der Waals surface area contributed by atoms with Crippen molar-refractivity contribution >= 4 is 0 Å². The first kappa shape index (κ1) is 12.3. The fraction of sp³-hybridized carbons (Fsp3) is 0.312. The molecule has 2 unspecified atom stereocenters. The van der Waals surface area contributed by atoms with Gasteiger partial charge in [-0.2, -0.15) is 0 Å². The second-order valence-corrected chi connectivity index (χ2v) is 5.06. The van der Waals surface area contributed by atoms with Gasteiger partial charge in [0.15, 0.2) is 0 Å². The Labute approximate surface area is 113 Å². The van der Waals surface area contributed by atoms with Crippen molar-refractivity contribution in [2.45, 2.75) is 25.1 Å². The van der Waals surface area contributed by atoms with Crippen LogP contribution in [0.15, 0.2) is 54.7 Å². The Balaban J connectivity index is 1.68. The van der Waals surface area contributed by atoms with E-state index in [1.54, 1.807) is 0 Å². The molecule has 2 aromatic rings. The van der Waals surface area contributed by atoms with Gasteiger partial charge in [-0.1, -0.05) is 36.4 Å². The highest BCUT2D eigenvalue weighted by Gasteiger charge is 2.42. The lowest BCUT2D eigenvalue weighted by atomic mass is 10.0. The van der Waals surface area contributed by atoms with Crippen LogP contribution in [0.1, 0.15) is 30.3 Å². The lowest BCUT2D eigenvalue weighted by Gasteiger charge is -2.21. The molecular weight excluding hydrogens is 236 g/mol. The minimum atomic E-state index is -0.449. The minimum Gasteiger partial charge on any atom is -0.387 e. The molecule has 4 atom stereocenters. The molecule has 1 saturated heterocycles. The zero-order chi connectivity index (χ0) is 13.2. The van der Waals surface area contributed by atoms with Crippen molar-refractivity contribution in [3.05, 3.63) is 66.0 Å². The summed E-state index contributed by atoms with van der Waals surface area (Å²) in [5.74, 6) is 0. The zero-order valence-electron chi connectivity index (χ0n) is 11.0. The van der Waals surface area contributed by atoms with E-state index in [1.807, 2.05) is 54.7 Å². The van der Waals surface area contributed by atoms with Gasteiger partial charge in [0.1, 0.15) is 0 Å². The first-order valence-corrected chi connectivity index (χ1v) is 6.67. The van der Waals surface area contributed by atoms with E-state index >= 15 is 0 Å². The van der Waals surface area contributed by atoms with Crippen LogP contribution < -0.4 is 0 Å². The molecule has 1 fully saturated rings. The summed E-state index contributed by atoms with van der Waals surface area (Å²) in [4.78, 5) is 6.66. The molecule has 1 N–H and O–H groups in total. The summed E-state index contributed by atoms with van der Waals surface area (Å²) >= 11 is 0. The van der Waals surface area contributed by atoms with Gasteiger partial charge >= 0.3 is 0 Å². The summed E-state index contributed by atoms with van der Waals surface area (Å²) in [5, 5.41) is 10.4. The predicted molar refractivity (Wildman–Crippen MR) is 74.5 cm³/mol. The Kier molecular flexibility index (Phi) is 3.32. The highest BCUT2D eigenvalue weighted by Crippen LogP contribution is 2.39. The molecule has 1 aliphatic heterocycles. The van der Waals surface area contributed by atoms with Gasteiger partial charge in [0.05, 0.1) is 17.8 Å². The largest absolute Gasteiger partial charge is 0.387 e. The summed E-state index contributed by atoms with van der Waals surface area (Å²) in [5.41, 5.74) is 2.07. The molecule has 19 heavy (non-hydrogen) atoms. The van der Waals surface area contributed by atoms with Crippen LogP contribution in [0.25, 0.3) is 0 Å². The SMILES string of the molecule is C[C@H]([C@@H](O)c1ccccc1)N1CC1c1ccccn1. The molecule has 3 rings (SSSR count). The fourth-order valence-corrected chi connectivity index (χ4v) is 2.55. The van der Waals surface area contributed by atoms with Crippen LogP contribution in [0.3, 0.4) is 0 Å². The van der Waals surface area contributed by atoms with Gasteiger partial charge in [-0.25, -0.2) is 0 Å². The van der Waals surface area contributed by atoms with Gasteiger partial charge in [0.25, 0.3) is 0 Å². The smallest absolute Gasteiger partial charge is 0.0942 e. The van der Waals surface area contributed by atoms with E-state index in [1.165, 1.54) is 0 Å². The van der Waals surface area contributed by atoms with Crippen molar-refractivity contribution in [2.24, 2.45) is 0 Å². The molecule has 98 valence electrons. The zero-order valence-corrected chi connectivity index (χ0v) is 11.0. The monoisotopic (exact) mass is 254 g/mol. The van der Waals surface area contributed by atoms with Crippen molar-refractivity contribution in [2.75, 3.05) is 6.54 Å². The quantitative estimate of drug-likeness (QED) is 0.852. The van der Waals surface area contributed by atoms with Gasteiger partial charge in [-0.3, -0.25) is 9.88 Å². The number of hydrogen-bond acceptors (Lipinski definition) is 3. The van der Waals surface area contributed by atoms with Gasteiger partial charge < -0.3 is 5.11 Å². The third-order valence-corrected chi connectivity index (χ3v) is 3.80. The van der Waals surface area contributed by atoms with Crippen molar-refractivity contribution in [3.63, 3.8) is 0 Å². The molecule has 0 saturated carbocycles. The number of nitrogens with zero attached hydrogens (tertiary/aromatic N) is 2. The Morgan fingerprint density at radius 1 is 1.16 bits per heavy atom. The summed E-state index contributed by atoms with van der Waals surface area (Å²) in [6.45, 7) is 3.04. The predicted octanol–water partition coefficient (Wildman–Crippen LogP) is 2.56. The van der Waals surface area contributed by atoms with Crippen LogP contribution in [-0.4, -0.2) is 27.6 Å². The van der Waals surface area contributed by atoms with Crippen LogP contribution in [0.4, 0.5) is 0 Å². The Morgan fingerprint density at radius 3 is 2.58 bits per heavy atom. The first-order valence-electron chi connectivity index (χ1n) is 6.67. The van der Waals surface area contributed by atoms with E-state index in [0.29, 0.717) is 6.04 Å². The number of aliphatic hydroxyl groups excluding tert-OH is 1. The molecule has 1 aromatic carbocycles. The van der Waals surface area contributed by atoms with E-state index in [-0.39, 0.29) is 6.04 Å². The highest BCUT2D eigenvalue weighted by molar-refractivity contribution is 5.21. The molecule has 3 heteroatoms. The lowest BCUT2D eigenvalue weighted by molar-refractivity contribution is 0.105. The molecule has 2 heterocycles. The van der Waals surface area contributed by atoms with E-state index in [0.717, 1.165) is 17.8 Å². The maximum absolute atomic E-state index is 10.4. The average molecular weight is 254 g/mol. The van der Waals surface area contributed by atoms with Crippen LogP contribution in [0, 0.1) is 0 Å². The maximum atomic E-state index is 10.4. The van der Waals surface area contributed by atoms with Crippen molar-refractivity contribution in [1.82, 2.24) is 9.88 Å². The van der Waals surface area contributed by atoms with E-state index in [9.17, 15) is 5.11 Å². The second-order valence-electron chi connectivity index (χ2n) is 5.06. The molecular formula is C16H18N2O. The molecule has 0 radical (unpaired) electrons. The molecule has 3 nitrogen and oxygen atoms in total. The molecule has 0 aliphatic carbocycles. The molecule has 0 spiro atoms. The number of rotatable bonds is 4. The van der Waals surface area contributed by atoms with Crippen LogP contribution in [-0.2, 0) is 0 Å². The van der Waals surface area contributed by atoms with E-state index in [2.05, 4.69) is 16.8 Å². The van der Waals surface area contributed by atoms with Gasteiger partial charge in [0.2, 0.25) is 0 Å². The third kappa shape index (κ3) is 2.53. The summed E-state index contributed by atoms with van der Waals surface area (Å²) in [6.07, 6.45) is 1.37. The molecule has 0 amide bonds. The number of hydrogen-bond donors (Lipinski definition) is 1. The third-order valence-electron chi connectivity index (χ3n) is 3.80. The average Bonchev–Trinajstić information content (AvgIpc) is 3.28. The van der Waals surface area contributed by atoms with E-state index < -0.39 is 6.10 Å². The number of aliphatic hydroxyl groups is 1. The van der Waals surface area contributed by atoms with Gasteiger partial charge in [-0.05, 0) is 24.6 Å². The fourth-order valence-electron chi connectivity index (χ4n) is 2.55. The summed E-state index contributed by atoms with van der Waals surface area (Å²) in [7, 11) is 0. The molecule has 0 bridgehead atoms. The standard InChI is InChI=1S/C16H18N2O/c1-12(16(19)13-7-3-2-4-8-13)18-11-15(18)14-9-5-6-10-17-14/h2-10,12,15-16,19H,11H2,1H3/t12-,15?,16-,18?/m1/s1. The van der Waals surface area contributed by atoms with Crippen LogP contribution in [0.2, 0.25) is 0 Å². The van der Waals surface area contributed by atoms with E-state index in [4.69, 9.17) is 0 Å². The lowest BCUT2D eigenvalue weighted by Crippen LogP contribution is -2.24. The van der Waals surface area contributed by atoms with Crippen molar-refractivity contribution in [1.29, 1.82) is 0 Å². The first-order chi connectivity index (χ1) is 9.27.